The maximum atomic E-state index is 13.4. The molecule has 2 aromatic rings. The largest absolute Gasteiger partial charge is 0.356 e. The highest BCUT2D eigenvalue weighted by Crippen LogP contribution is 2.38. The Kier molecular flexibility index (Phi) is 6.35. The average Bonchev–Trinajstić information content (AvgIpc) is 3.20. The summed E-state index contributed by atoms with van der Waals surface area (Å²) in [6.45, 7) is 2.70. The molecule has 7 heteroatoms. The Morgan fingerprint density at radius 2 is 1.93 bits per heavy atom. The lowest BCUT2D eigenvalue weighted by Gasteiger charge is -2.37. The molecule has 3 heterocycles. The number of piperidine rings is 1. The van der Waals surface area contributed by atoms with Crippen LogP contribution in [0, 0.1) is 12.8 Å². The second-order valence-electron chi connectivity index (χ2n) is 9.00. The number of likely N-dealkylation sites (tertiary alicyclic amines) is 1. The van der Waals surface area contributed by atoms with Crippen LogP contribution < -0.4 is 4.90 Å². The van der Waals surface area contributed by atoms with Crippen molar-refractivity contribution in [1.82, 2.24) is 20.0 Å². The minimum Gasteiger partial charge on any atom is -0.356 e. The summed E-state index contributed by atoms with van der Waals surface area (Å²) >= 11 is 0. The fourth-order valence-electron chi connectivity index (χ4n) is 4.80. The maximum absolute atomic E-state index is 13.4. The Hall–Kier alpha value is -2.44. The van der Waals surface area contributed by atoms with Crippen LogP contribution in [-0.4, -0.2) is 46.6 Å². The molecule has 30 heavy (non-hydrogen) atoms. The molecule has 1 atom stereocenters. The first-order valence-corrected chi connectivity index (χ1v) is 11.3. The van der Waals surface area contributed by atoms with E-state index < -0.39 is 0 Å². The van der Waals surface area contributed by atoms with Gasteiger partial charge >= 0.3 is 0 Å². The van der Waals surface area contributed by atoms with Crippen molar-refractivity contribution in [3.05, 3.63) is 23.7 Å². The van der Waals surface area contributed by atoms with E-state index in [0.29, 0.717) is 24.0 Å². The third-order valence-electron chi connectivity index (χ3n) is 6.43. The van der Waals surface area contributed by atoms with Crippen molar-refractivity contribution >= 4 is 11.9 Å². The molecule has 0 bridgehead atoms. The fraction of sp³-hybridized carbons (Fsp3) is 0.652. The monoisotopic (exact) mass is 411 g/mol. The van der Waals surface area contributed by atoms with E-state index in [1.807, 2.05) is 38.2 Å². The molecule has 0 radical (unpaired) electrons. The first-order valence-electron chi connectivity index (χ1n) is 11.3. The molecule has 0 N–H and O–H groups in total. The summed E-state index contributed by atoms with van der Waals surface area (Å²) in [5, 5.41) is 4.05. The summed E-state index contributed by atoms with van der Waals surface area (Å²) in [7, 11) is 3.87. The van der Waals surface area contributed by atoms with Crippen molar-refractivity contribution in [2.75, 3.05) is 25.5 Å². The van der Waals surface area contributed by atoms with E-state index in [1.165, 1.54) is 32.1 Å². The van der Waals surface area contributed by atoms with Crippen LogP contribution in [0.15, 0.2) is 16.8 Å². The molecule has 2 aliphatic rings. The van der Waals surface area contributed by atoms with E-state index in [0.717, 1.165) is 42.8 Å². The molecule has 4 rings (SSSR count). The van der Waals surface area contributed by atoms with Crippen molar-refractivity contribution < 1.29 is 9.32 Å². The van der Waals surface area contributed by atoms with Crippen LogP contribution in [0.1, 0.15) is 75.2 Å². The number of hydrogen-bond acceptors (Lipinski definition) is 6. The van der Waals surface area contributed by atoms with E-state index in [-0.39, 0.29) is 11.9 Å². The number of rotatable bonds is 5. The van der Waals surface area contributed by atoms with Gasteiger partial charge in [0, 0.05) is 39.3 Å². The minimum atomic E-state index is -0.0445. The summed E-state index contributed by atoms with van der Waals surface area (Å²) in [4.78, 5) is 26.7. The molecule has 2 aromatic heterocycles. The van der Waals surface area contributed by atoms with Gasteiger partial charge in [0.2, 0.25) is 11.9 Å². The van der Waals surface area contributed by atoms with Crippen LogP contribution in [0.2, 0.25) is 0 Å². The average molecular weight is 412 g/mol. The summed E-state index contributed by atoms with van der Waals surface area (Å²) < 4.78 is 5.55. The van der Waals surface area contributed by atoms with Crippen LogP contribution in [-0.2, 0) is 4.79 Å². The molecule has 1 aliphatic carbocycles. The summed E-state index contributed by atoms with van der Waals surface area (Å²) in [6.07, 6.45) is 11.7. The van der Waals surface area contributed by atoms with Crippen LogP contribution in [0.5, 0.6) is 0 Å². The Labute approximate surface area is 178 Å². The molecule has 0 spiro atoms. The predicted octanol–water partition coefficient (Wildman–Crippen LogP) is 4.53. The maximum Gasteiger partial charge on any atom is 0.225 e. The topological polar surface area (TPSA) is 75.4 Å². The highest BCUT2D eigenvalue weighted by atomic mass is 16.5. The number of carbonyl (C=O) groups is 1. The van der Waals surface area contributed by atoms with Gasteiger partial charge in [0.25, 0.3) is 0 Å². The first-order chi connectivity index (χ1) is 14.5. The zero-order valence-corrected chi connectivity index (χ0v) is 18.4. The van der Waals surface area contributed by atoms with Crippen LogP contribution in [0.25, 0.3) is 11.3 Å². The SMILES string of the molecule is Cc1cc(-c2cnc(N(C)C)nc2[C@H]2CCCCN2C(=O)CC2CCCCC2)on1. The number of aryl methyl sites for hydroxylation is 1. The van der Waals surface area contributed by atoms with Crippen LogP contribution in [0.4, 0.5) is 5.95 Å². The van der Waals surface area contributed by atoms with E-state index in [9.17, 15) is 4.79 Å². The van der Waals surface area contributed by atoms with Crippen molar-refractivity contribution in [3.8, 4) is 11.3 Å². The Morgan fingerprint density at radius 3 is 2.63 bits per heavy atom. The molecule has 162 valence electrons. The number of aromatic nitrogens is 3. The van der Waals surface area contributed by atoms with Gasteiger partial charge in [0.15, 0.2) is 5.76 Å². The van der Waals surface area contributed by atoms with Gasteiger partial charge in [-0.25, -0.2) is 9.97 Å². The van der Waals surface area contributed by atoms with Crippen molar-refractivity contribution in [2.24, 2.45) is 5.92 Å². The lowest BCUT2D eigenvalue weighted by atomic mass is 9.86. The van der Waals surface area contributed by atoms with Crippen molar-refractivity contribution in [2.45, 2.75) is 70.8 Å². The molecule has 1 saturated carbocycles. The zero-order valence-electron chi connectivity index (χ0n) is 18.4. The first kappa shape index (κ1) is 20.8. The molecule has 1 amide bonds. The third kappa shape index (κ3) is 4.50. The second-order valence-corrected chi connectivity index (χ2v) is 9.00. The molecule has 1 saturated heterocycles. The molecule has 0 unspecified atom stereocenters. The summed E-state index contributed by atoms with van der Waals surface area (Å²) in [5.41, 5.74) is 2.53. The highest BCUT2D eigenvalue weighted by Gasteiger charge is 2.33. The van der Waals surface area contributed by atoms with E-state index in [2.05, 4.69) is 15.0 Å². The Morgan fingerprint density at radius 1 is 1.17 bits per heavy atom. The Balaban J connectivity index is 1.66. The van der Waals surface area contributed by atoms with E-state index in [1.54, 1.807) is 0 Å². The van der Waals surface area contributed by atoms with Crippen molar-refractivity contribution in [1.29, 1.82) is 0 Å². The quantitative estimate of drug-likeness (QED) is 0.719. The van der Waals surface area contributed by atoms with Gasteiger partial charge < -0.3 is 14.3 Å². The van der Waals surface area contributed by atoms with Crippen LogP contribution >= 0.6 is 0 Å². The standard InChI is InChI=1S/C23H33N5O2/c1-16-13-20(30-26-16)18-15-24-23(27(2)3)25-22(18)19-11-7-8-12-28(19)21(29)14-17-9-5-4-6-10-17/h13,15,17,19H,4-12,14H2,1-3H3/t19-/m1/s1. The molecule has 1 aliphatic heterocycles. The number of hydrogen-bond donors (Lipinski definition) is 0. The summed E-state index contributed by atoms with van der Waals surface area (Å²) in [5.74, 6) is 2.12. The summed E-state index contributed by atoms with van der Waals surface area (Å²) in [6, 6.07) is 1.87. The van der Waals surface area contributed by atoms with E-state index >= 15 is 0 Å². The molecular weight excluding hydrogens is 378 g/mol. The third-order valence-corrected chi connectivity index (χ3v) is 6.43. The molecule has 7 nitrogen and oxygen atoms in total. The number of anilines is 1. The number of carbonyl (C=O) groups excluding carboxylic acids is 1. The van der Waals surface area contributed by atoms with Gasteiger partial charge in [0.1, 0.15) is 0 Å². The smallest absolute Gasteiger partial charge is 0.225 e. The van der Waals surface area contributed by atoms with Gasteiger partial charge in [-0.15, -0.1) is 0 Å². The zero-order chi connectivity index (χ0) is 21.1. The van der Waals surface area contributed by atoms with Gasteiger partial charge in [-0.2, -0.15) is 0 Å². The number of amides is 1. The normalized spacial score (nSPS) is 20.4. The predicted molar refractivity (Wildman–Crippen MR) is 116 cm³/mol. The minimum absolute atomic E-state index is 0.0445. The lowest BCUT2D eigenvalue weighted by Crippen LogP contribution is -2.40. The Bertz CT molecular complexity index is 872. The molecule has 0 aromatic carbocycles. The fourth-order valence-corrected chi connectivity index (χ4v) is 4.80. The van der Waals surface area contributed by atoms with Gasteiger partial charge in [0.05, 0.1) is 23.0 Å². The van der Waals surface area contributed by atoms with Crippen LogP contribution in [0.3, 0.4) is 0 Å². The number of nitrogens with zero attached hydrogens (tertiary/aromatic N) is 5. The van der Waals surface area contributed by atoms with Gasteiger partial charge in [-0.1, -0.05) is 24.4 Å². The lowest BCUT2D eigenvalue weighted by molar-refractivity contribution is -0.136. The van der Waals surface area contributed by atoms with Gasteiger partial charge in [-0.3, -0.25) is 4.79 Å². The van der Waals surface area contributed by atoms with E-state index in [4.69, 9.17) is 9.51 Å². The molecular formula is C23H33N5O2. The van der Waals surface area contributed by atoms with Gasteiger partial charge in [-0.05, 0) is 44.9 Å². The highest BCUT2D eigenvalue weighted by molar-refractivity contribution is 5.77. The van der Waals surface area contributed by atoms with Crippen molar-refractivity contribution in [3.63, 3.8) is 0 Å². The molecule has 2 fully saturated rings. The second kappa shape index (κ2) is 9.14.